The maximum Gasteiger partial charge on any atom is 0.271 e. The number of nitrogens with one attached hydrogen (secondary N) is 1. The lowest BCUT2D eigenvalue weighted by molar-refractivity contribution is 0.242. The van der Waals surface area contributed by atoms with Gasteiger partial charge in [0.15, 0.2) is 0 Å². The molecule has 1 aromatic carbocycles. The lowest BCUT2D eigenvalue weighted by atomic mass is 10.3. The fourth-order valence-electron chi connectivity index (χ4n) is 1.68. The number of ether oxygens (including phenoxy) is 1. The first-order chi connectivity index (χ1) is 9.90. The number of hydrogen-bond acceptors (Lipinski definition) is 5. The number of hydrogen-bond donors (Lipinski definition) is 2. The number of nitrogens with two attached hydrogens (primary N) is 1. The second-order valence-corrected chi connectivity index (χ2v) is 7.60. The van der Waals surface area contributed by atoms with Crippen LogP contribution in [0.2, 0.25) is 0 Å². The molecule has 0 fully saturated rings. The minimum Gasteiger partial charge on any atom is -0.491 e. The molecule has 114 valence electrons. The van der Waals surface area contributed by atoms with Crippen LogP contribution in [0.1, 0.15) is 19.4 Å². The molecule has 0 amide bonds. The Kier molecular flexibility index (Phi) is 4.87. The van der Waals surface area contributed by atoms with E-state index in [9.17, 15) is 8.42 Å². The third kappa shape index (κ3) is 4.20. The summed E-state index contributed by atoms with van der Waals surface area (Å²) in [7, 11) is -3.57. The highest BCUT2D eigenvalue weighted by atomic mass is 32.2. The molecule has 0 aliphatic carbocycles. The van der Waals surface area contributed by atoms with Crippen LogP contribution in [-0.4, -0.2) is 14.5 Å². The molecule has 21 heavy (non-hydrogen) atoms. The van der Waals surface area contributed by atoms with E-state index in [1.165, 1.54) is 0 Å². The summed E-state index contributed by atoms with van der Waals surface area (Å²) in [4.78, 5) is 0. The normalized spacial score (nSPS) is 11.6. The highest BCUT2D eigenvalue weighted by Gasteiger charge is 2.16. The molecule has 3 N–H and O–H groups in total. The second kappa shape index (κ2) is 6.46. The van der Waals surface area contributed by atoms with Crippen molar-refractivity contribution in [3.63, 3.8) is 0 Å². The zero-order chi connectivity index (χ0) is 15.5. The van der Waals surface area contributed by atoms with E-state index < -0.39 is 10.0 Å². The van der Waals surface area contributed by atoms with Gasteiger partial charge in [-0.1, -0.05) is 0 Å². The van der Waals surface area contributed by atoms with Crippen LogP contribution in [0.3, 0.4) is 0 Å². The molecule has 0 aliphatic heterocycles. The molecule has 0 saturated carbocycles. The molecule has 2 rings (SSSR count). The maximum atomic E-state index is 12.2. The van der Waals surface area contributed by atoms with Gasteiger partial charge in [-0.15, -0.1) is 11.3 Å². The molecule has 2 aromatic rings. The van der Waals surface area contributed by atoms with Gasteiger partial charge in [0, 0.05) is 12.2 Å². The maximum absolute atomic E-state index is 12.2. The largest absolute Gasteiger partial charge is 0.491 e. The molecule has 0 bridgehead atoms. The minimum atomic E-state index is -3.57. The van der Waals surface area contributed by atoms with Gasteiger partial charge in [0.2, 0.25) is 0 Å². The first-order valence-corrected chi connectivity index (χ1v) is 8.84. The molecule has 0 radical (unpaired) electrons. The Morgan fingerprint density at radius 2 is 1.95 bits per heavy atom. The van der Waals surface area contributed by atoms with Crippen molar-refractivity contribution in [2.24, 2.45) is 5.73 Å². The Morgan fingerprint density at radius 3 is 2.48 bits per heavy atom. The van der Waals surface area contributed by atoms with Crippen molar-refractivity contribution in [2.45, 2.75) is 30.7 Å². The fourth-order valence-corrected chi connectivity index (χ4v) is 3.96. The van der Waals surface area contributed by atoms with E-state index in [4.69, 9.17) is 10.5 Å². The summed E-state index contributed by atoms with van der Waals surface area (Å²) in [5.74, 6) is 0.703. The first-order valence-electron chi connectivity index (χ1n) is 6.48. The van der Waals surface area contributed by atoms with Gasteiger partial charge in [-0.05, 0) is 55.1 Å². The Bertz CT molecular complexity index is 691. The van der Waals surface area contributed by atoms with Crippen molar-refractivity contribution in [2.75, 3.05) is 4.72 Å². The van der Waals surface area contributed by atoms with Gasteiger partial charge in [-0.2, -0.15) is 0 Å². The SMILES string of the molecule is CC(C)Oc1ccc(NS(=O)(=O)c2cc(CN)cs2)cc1. The number of thiophene rings is 1. The summed E-state index contributed by atoms with van der Waals surface area (Å²) in [6, 6.07) is 8.40. The molecular formula is C14H18N2O3S2. The molecule has 0 atom stereocenters. The number of benzene rings is 1. The van der Waals surface area contributed by atoms with Crippen LogP contribution in [0.5, 0.6) is 5.75 Å². The van der Waals surface area contributed by atoms with Gasteiger partial charge < -0.3 is 10.5 Å². The van der Waals surface area contributed by atoms with Crippen LogP contribution < -0.4 is 15.2 Å². The van der Waals surface area contributed by atoms with E-state index >= 15 is 0 Å². The van der Waals surface area contributed by atoms with Crippen molar-refractivity contribution in [3.05, 3.63) is 41.3 Å². The summed E-state index contributed by atoms with van der Waals surface area (Å²) in [6.07, 6.45) is 0.0772. The molecule has 7 heteroatoms. The van der Waals surface area contributed by atoms with E-state index in [1.807, 2.05) is 13.8 Å². The Labute approximate surface area is 128 Å². The lowest BCUT2D eigenvalue weighted by Gasteiger charge is -2.11. The third-order valence-corrected chi connectivity index (χ3v) is 5.48. The van der Waals surface area contributed by atoms with Crippen LogP contribution in [0.15, 0.2) is 39.9 Å². The van der Waals surface area contributed by atoms with Crippen LogP contribution in [0.25, 0.3) is 0 Å². The molecule has 0 spiro atoms. The standard InChI is InChI=1S/C14H18N2O3S2/c1-10(2)19-13-5-3-12(4-6-13)16-21(17,18)14-7-11(8-15)9-20-14/h3-7,9-10,16H,8,15H2,1-2H3. The van der Waals surface area contributed by atoms with Crippen LogP contribution >= 0.6 is 11.3 Å². The highest BCUT2D eigenvalue weighted by Crippen LogP contribution is 2.24. The predicted octanol–water partition coefficient (Wildman–Crippen LogP) is 2.79. The Balaban J connectivity index is 2.13. The van der Waals surface area contributed by atoms with E-state index in [-0.39, 0.29) is 10.3 Å². The van der Waals surface area contributed by atoms with Crippen molar-refractivity contribution < 1.29 is 13.2 Å². The summed E-state index contributed by atoms with van der Waals surface area (Å²) in [5, 5.41) is 1.74. The van der Waals surface area contributed by atoms with Gasteiger partial charge in [-0.3, -0.25) is 4.72 Å². The van der Waals surface area contributed by atoms with Gasteiger partial charge >= 0.3 is 0 Å². The molecule has 0 aliphatic rings. The smallest absolute Gasteiger partial charge is 0.271 e. The summed E-state index contributed by atoms with van der Waals surface area (Å²) < 4.78 is 32.7. The van der Waals surface area contributed by atoms with Gasteiger partial charge in [0.25, 0.3) is 10.0 Å². The highest BCUT2D eigenvalue weighted by molar-refractivity contribution is 7.94. The Morgan fingerprint density at radius 1 is 1.29 bits per heavy atom. The van der Waals surface area contributed by atoms with Crippen LogP contribution in [-0.2, 0) is 16.6 Å². The molecule has 5 nitrogen and oxygen atoms in total. The van der Waals surface area contributed by atoms with Crippen molar-refractivity contribution >= 4 is 27.0 Å². The monoisotopic (exact) mass is 326 g/mol. The molecule has 1 aromatic heterocycles. The summed E-state index contributed by atoms with van der Waals surface area (Å²) in [5.41, 5.74) is 6.79. The molecule has 0 unspecified atom stereocenters. The first kappa shape index (κ1) is 15.8. The lowest BCUT2D eigenvalue weighted by Crippen LogP contribution is -2.11. The zero-order valence-corrected chi connectivity index (χ0v) is 13.5. The second-order valence-electron chi connectivity index (χ2n) is 4.77. The minimum absolute atomic E-state index is 0.0772. The van der Waals surface area contributed by atoms with Gasteiger partial charge in [0.1, 0.15) is 9.96 Å². The fraction of sp³-hybridized carbons (Fsp3) is 0.286. The third-order valence-electron chi connectivity index (χ3n) is 2.61. The van der Waals surface area contributed by atoms with Crippen molar-refractivity contribution in [3.8, 4) is 5.75 Å². The van der Waals surface area contributed by atoms with Crippen LogP contribution in [0, 0.1) is 0 Å². The number of sulfonamides is 1. The quantitative estimate of drug-likeness (QED) is 0.855. The van der Waals surface area contributed by atoms with Crippen molar-refractivity contribution in [1.29, 1.82) is 0 Å². The van der Waals surface area contributed by atoms with Gasteiger partial charge in [-0.25, -0.2) is 8.42 Å². The summed E-state index contributed by atoms with van der Waals surface area (Å²) in [6.45, 7) is 4.19. The van der Waals surface area contributed by atoms with E-state index in [1.54, 1.807) is 35.7 Å². The summed E-state index contributed by atoms with van der Waals surface area (Å²) >= 11 is 1.16. The van der Waals surface area contributed by atoms with Gasteiger partial charge in [0.05, 0.1) is 6.10 Å². The topological polar surface area (TPSA) is 81.4 Å². The van der Waals surface area contributed by atoms with E-state index in [2.05, 4.69) is 4.72 Å². The van der Waals surface area contributed by atoms with E-state index in [0.29, 0.717) is 18.0 Å². The molecule has 1 heterocycles. The van der Waals surface area contributed by atoms with Crippen molar-refractivity contribution in [1.82, 2.24) is 0 Å². The predicted molar refractivity (Wildman–Crippen MR) is 85.2 cm³/mol. The molecule has 0 saturated heterocycles. The Hall–Kier alpha value is -1.57. The number of rotatable bonds is 6. The average Bonchev–Trinajstić information content (AvgIpc) is 2.90. The van der Waals surface area contributed by atoms with E-state index in [0.717, 1.165) is 16.9 Å². The molecular weight excluding hydrogens is 308 g/mol. The number of anilines is 1. The average molecular weight is 326 g/mol. The zero-order valence-electron chi connectivity index (χ0n) is 11.9. The van der Waals surface area contributed by atoms with Crippen LogP contribution in [0.4, 0.5) is 5.69 Å².